The quantitative estimate of drug-likeness (QED) is 0.746. The van der Waals surface area contributed by atoms with Crippen molar-refractivity contribution >= 4 is 34.1 Å². The molecule has 0 fully saturated rings. The number of aryl methyl sites for hydroxylation is 2. The number of aromatic carboxylic acids is 1. The van der Waals surface area contributed by atoms with Crippen LogP contribution in [-0.4, -0.2) is 33.1 Å². The Balaban J connectivity index is 1.66. The average molecular weight is 343 g/mol. The van der Waals surface area contributed by atoms with E-state index in [0.29, 0.717) is 23.7 Å². The van der Waals surface area contributed by atoms with Gasteiger partial charge in [-0.15, -0.1) is 11.3 Å². The predicted octanol–water partition coefficient (Wildman–Crippen LogP) is 2.61. The molecule has 6 nitrogen and oxygen atoms in total. The number of thiazole rings is 1. The maximum atomic E-state index is 12.4. The molecule has 3 aromatic rings. The maximum Gasteiger partial charge on any atom is 0.355 e. The summed E-state index contributed by atoms with van der Waals surface area (Å²) in [7, 11) is 1.87. The van der Waals surface area contributed by atoms with Crippen molar-refractivity contribution in [1.29, 1.82) is 0 Å². The van der Waals surface area contributed by atoms with E-state index in [0.717, 1.165) is 16.5 Å². The molecule has 0 aliphatic carbocycles. The van der Waals surface area contributed by atoms with Crippen molar-refractivity contribution < 1.29 is 14.7 Å². The lowest BCUT2D eigenvalue weighted by molar-refractivity contribution is 0.0690. The first-order valence-electron chi connectivity index (χ1n) is 7.47. The summed E-state index contributed by atoms with van der Waals surface area (Å²) >= 11 is 1.29. The van der Waals surface area contributed by atoms with Crippen LogP contribution in [0, 0.1) is 6.92 Å². The van der Waals surface area contributed by atoms with Gasteiger partial charge in [-0.05, 0) is 25.1 Å². The second-order valence-corrected chi connectivity index (χ2v) is 6.53. The number of fused-ring (bicyclic) bond motifs is 1. The lowest BCUT2D eigenvalue weighted by Crippen LogP contribution is -2.27. The van der Waals surface area contributed by atoms with Crippen LogP contribution in [0.3, 0.4) is 0 Å². The van der Waals surface area contributed by atoms with Crippen LogP contribution >= 0.6 is 11.3 Å². The van der Waals surface area contributed by atoms with Crippen molar-refractivity contribution in [2.45, 2.75) is 13.3 Å². The van der Waals surface area contributed by atoms with Crippen LogP contribution in [0.2, 0.25) is 0 Å². The summed E-state index contributed by atoms with van der Waals surface area (Å²) in [5, 5.41) is 14.9. The first-order valence-corrected chi connectivity index (χ1v) is 8.35. The molecule has 0 aliphatic rings. The van der Waals surface area contributed by atoms with Crippen molar-refractivity contribution in [1.82, 2.24) is 14.9 Å². The van der Waals surface area contributed by atoms with E-state index < -0.39 is 5.97 Å². The van der Waals surface area contributed by atoms with Crippen LogP contribution in [-0.2, 0) is 13.5 Å². The summed E-state index contributed by atoms with van der Waals surface area (Å²) in [6.07, 6.45) is 0.507. The first kappa shape index (κ1) is 16.2. The molecular weight excluding hydrogens is 326 g/mol. The van der Waals surface area contributed by atoms with Gasteiger partial charge in [0.2, 0.25) is 0 Å². The lowest BCUT2D eigenvalue weighted by atomic mass is 10.2. The summed E-state index contributed by atoms with van der Waals surface area (Å²) in [4.78, 5) is 27.2. The van der Waals surface area contributed by atoms with Gasteiger partial charge in [-0.2, -0.15) is 0 Å². The predicted molar refractivity (Wildman–Crippen MR) is 92.8 cm³/mol. The van der Waals surface area contributed by atoms with Gasteiger partial charge in [-0.1, -0.05) is 11.6 Å². The summed E-state index contributed by atoms with van der Waals surface area (Å²) in [5.41, 5.74) is 2.81. The van der Waals surface area contributed by atoms with Crippen LogP contribution in [0.1, 0.15) is 31.5 Å². The molecule has 0 radical (unpaired) electrons. The molecule has 24 heavy (non-hydrogen) atoms. The molecule has 0 spiro atoms. The van der Waals surface area contributed by atoms with Crippen LogP contribution in [0.4, 0.5) is 0 Å². The van der Waals surface area contributed by atoms with Crippen molar-refractivity contribution in [2.75, 3.05) is 6.54 Å². The number of rotatable bonds is 5. The summed E-state index contributed by atoms with van der Waals surface area (Å²) in [6.45, 7) is 2.43. The highest BCUT2D eigenvalue weighted by Gasteiger charge is 2.14. The number of hydrogen-bond acceptors (Lipinski definition) is 4. The fraction of sp³-hybridized carbons (Fsp3) is 0.235. The van der Waals surface area contributed by atoms with Gasteiger partial charge in [0.1, 0.15) is 5.69 Å². The summed E-state index contributed by atoms with van der Waals surface area (Å²) in [6, 6.07) is 7.95. The van der Waals surface area contributed by atoms with Gasteiger partial charge in [-0.3, -0.25) is 4.79 Å². The van der Waals surface area contributed by atoms with Gasteiger partial charge >= 0.3 is 5.97 Å². The Labute approximate surface area is 142 Å². The Bertz CT molecular complexity index is 926. The monoisotopic (exact) mass is 343 g/mol. The standard InChI is InChI=1S/C17H17N3O3S/c1-10-3-4-13-11(7-10)8-14(20(13)2)16(21)18-6-5-15-19-12(9-24-15)17(22)23/h3-4,7-9H,5-6H2,1-2H3,(H,18,21)(H,22,23). The number of amides is 1. The molecule has 0 bridgehead atoms. The van der Waals surface area contributed by atoms with Crippen LogP contribution < -0.4 is 5.32 Å². The molecular formula is C17H17N3O3S. The minimum Gasteiger partial charge on any atom is -0.476 e. The molecule has 3 rings (SSSR count). The zero-order valence-corrected chi connectivity index (χ0v) is 14.2. The van der Waals surface area contributed by atoms with Crippen molar-refractivity contribution in [3.05, 3.63) is 51.6 Å². The Morgan fingerprint density at radius 3 is 2.83 bits per heavy atom. The molecule has 2 N–H and O–H groups in total. The second-order valence-electron chi connectivity index (χ2n) is 5.59. The SMILES string of the molecule is Cc1ccc2c(c1)cc(C(=O)NCCc1nc(C(=O)O)cs1)n2C. The van der Waals surface area contributed by atoms with E-state index in [-0.39, 0.29) is 11.6 Å². The fourth-order valence-corrected chi connectivity index (χ4v) is 3.36. The highest BCUT2D eigenvalue weighted by Crippen LogP contribution is 2.20. The number of carbonyl (C=O) groups is 2. The van der Waals surface area contributed by atoms with Crippen molar-refractivity contribution in [3.8, 4) is 0 Å². The van der Waals surface area contributed by atoms with E-state index in [1.54, 1.807) is 0 Å². The smallest absolute Gasteiger partial charge is 0.355 e. The Kier molecular flexibility index (Phi) is 4.35. The summed E-state index contributed by atoms with van der Waals surface area (Å²) < 4.78 is 1.87. The molecule has 2 aromatic heterocycles. The molecule has 0 saturated carbocycles. The van der Waals surface area contributed by atoms with E-state index in [9.17, 15) is 9.59 Å². The molecule has 0 atom stereocenters. The number of nitrogens with zero attached hydrogens (tertiary/aromatic N) is 2. The highest BCUT2D eigenvalue weighted by molar-refractivity contribution is 7.09. The number of hydrogen-bond donors (Lipinski definition) is 2. The van der Waals surface area contributed by atoms with Crippen molar-refractivity contribution in [2.24, 2.45) is 7.05 Å². The molecule has 0 saturated heterocycles. The van der Waals surface area contributed by atoms with Gasteiger partial charge in [0.25, 0.3) is 5.91 Å². The normalized spacial score (nSPS) is 10.9. The molecule has 0 unspecified atom stereocenters. The fourth-order valence-electron chi connectivity index (χ4n) is 2.58. The molecule has 0 aliphatic heterocycles. The molecule has 1 amide bonds. The van der Waals surface area contributed by atoms with Gasteiger partial charge in [0.05, 0.1) is 5.01 Å². The zero-order valence-electron chi connectivity index (χ0n) is 13.4. The molecule has 1 aromatic carbocycles. The minimum absolute atomic E-state index is 0.0466. The third-order valence-corrected chi connectivity index (χ3v) is 4.73. The van der Waals surface area contributed by atoms with Crippen LogP contribution in [0.15, 0.2) is 29.6 Å². The Hall–Kier alpha value is -2.67. The third kappa shape index (κ3) is 3.16. The second kappa shape index (κ2) is 6.45. The number of carboxylic acids is 1. The zero-order chi connectivity index (χ0) is 17.3. The van der Waals surface area contributed by atoms with E-state index in [4.69, 9.17) is 5.11 Å². The number of carboxylic acid groups (broad SMARTS) is 1. The minimum atomic E-state index is -1.03. The van der Waals surface area contributed by atoms with Crippen LogP contribution in [0.5, 0.6) is 0 Å². The number of benzene rings is 1. The topological polar surface area (TPSA) is 84.2 Å². The number of carbonyl (C=O) groups excluding carboxylic acids is 1. The Morgan fingerprint density at radius 2 is 2.12 bits per heavy atom. The van der Waals surface area contributed by atoms with E-state index in [1.807, 2.05) is 36.7 Å². The van der Waals surface area contributed by atoms with E-state index in [2.05, 4.69) is 16.4 Å². The number of nitrogens with one attached hydrogen (secondary N) is 1. The van der Waals surface area contributed by atoms with Gasteiger partial charge in [0, 0.05) is 36.3 Å². The Morgan fingerprint density at radius 1 is 1.33 bits per heavy atom. The first-order chi connectivity index (χ1) is 11.5. The lowest BCUT2D eigenvalue weighted by Gasteiger charge is -2.05. The largest absolute Gasteiger partial charge is 0.476 e. The van der Waals surface area contributed by atoms with E-state index in [1.165, 1.54) is 16.7 Å². The third-order valence-electron chi connectivity index (χ3n) is 3.83. The van der Waals surface area contributed by atoms with Crippen LogP contribution in [0.25, 0.3) is 10.9 Å². The van der Waals surface area contributed by atoms with Gasteiger partial charge in [-0.25, -0.2) is 9.78 Å². The molecule has 7 heteroatoms. The van der Waals surface area contributed by atoms with Crippen molar-refractivity contribution in [3.63, 3.8) is 0 Å². The molecule has 124 valence electrons. The molecule has 2 heterocycles. The van der Waals surface area contributed by atoms with Gasteiger partial charge in [0.15, 0.2) is 5.69 Å². The van der Waals surface area contributed by atoms with E-state index >= 15 is 0 Å². The highest BCUT2D eigenvalue weighted by atomic mass is 32.1. The summed E-state index contributed by atoms with van der Waals surface area (Å²) in [5.74, 6) is -1.19. The maximum absolute atomic E-state index is 12.4. The average Bonchev–Trinajstić information content (AvgIpc) is 3.12. The number of aromatic nitrogens is 2. The van der Waals surface area contributed by atoms with Gasteiger partial charge < -0.3 is 15.0 Å².